The summed E-state index contributed by atoms with van der Waals surface area (Å²) >= 11 is 0. The molecule has 1 N–H and O–H groups in total. The van der Waals surface area contributed by atoms with Crippen LogP contribution in [0.1, 0.15) is 51.3 Å². The van der Waals surface area contributed by atoms with Gasteiger partial charge in [-0.25, -0.2) is 4.79 Å². The molecule has 0 unspecified atom stereocenters. The van der Waals surface area contributed by atoms with E-state index in [4.69, 9.17) is 9.84 Å². The Morgan fingerprint density at radius 3 is 2.54 bits per heavy atom. The molecule has 0 saturated heterocycles. The van der Waals surface area contributed by atoms with Crippen LogP contribution in [0.2, 0.25) is 0 Å². The van der Waals surface area contributed by atoms with Gasteiger partial charge in [0.1, 0.15) is 12.4 Å². The zero-order valence-corrected chi connectivity index (χ0v) is 16.5. The molecule has 1 aromatic rings. The van der Waals surface area contributed by atoms with Gasteiger partial charge in [-0.3, -0.25) is 0 Å². The first-order valence-electron chi connectivity index (χ1n) is 8.83. The van der Waals surface area contributed by atoms with Crippen LogP contribution in [-0.4, -0.2) is 17.7 Å². The Bertz CT molecular complexity index is 828. The van der Waals surface area contributed by atoms with Crippen LogP contribution >= 0.6 is 0 Å². The molecule has 1 aliphatic rings. The molecule has 0 fully saturated rings. The highest BCUT2D eigenvalue weighted by Gasteiger charge is 2.20. The number of carboxylic acid groups (broad SMARTS) is 1. The summed E-state index contributed by atoms with van der Waals surface area (Å²) in [5.41, 5.74) is 6.61. The van der Waals surface area contributed by atoms with Crippen LogP contribution in [0, 0.1) is 6.92 Å². The number of allylic oxidation sites excluding steroid dienone is 4. The standard InChI is InChI=1S/C23H28O3/c1-15(10-21(24)25)8-7-9-16(2)19-12-18-13-20(23(4,5)6)11-17(3)22(18)26-14-19/h7-13H,14H2,1-6H3,(H,24,25)/b8-7+,15-10+,16-9+. The van der Waals surface area contributed by atoms with Gasteiger partial charge in [-0.05, 0) is 66.2 Å². The van der Waals surface area contributed by atoms with Crippen molar-refractivity contribution in [2.24, 2.45) is 0 Å². The number of rotatable bonds is 4. The summed E-state index contributed by atoms with van der Waals surface area (Å²) in [6, 6.07) is 4.42. The lowest BCUT2D eigenvalue weighted by atomic mass is 9.84. The second-order valence-electron chi connectivity index (χ2n) is 7.86. The van der Waals surface area contributed by atoms with E-state index in [1.165, 1.54) is 17.2 Å². The summed E-state index contributed by atoms with van der Waals surface area (Å²) < 4.78 is 6.01. The highest BCUT2D eigenvalue weighted by atomic mass is 16.5. The fourth-order valence-electron chi connectivity index (χ4n) is 2.84. The topological polar surface area (TPSA) is 46.5 Å². The van der Waals surface area contributed by atoms with E-state index in [1.807, 2.05) is 19.1 Å². The molecular formula is C23H28O3. The van der Waals surface area contributed by atoms with Gasteiger partial charge in [-0.1, -0.05) is 45.1 Å². The van der Waals surface area contributed by atoms with Crippen molar-refractivity contribution in [2.45, 2.75) is 47.0 Å². The summed E-state index contributed by atoms with van der Waals surface area (Å²) in [5.74, 6) is 0.0307. The zero-order chi connectivity index (χ0) is 19.5. The van der Waals surface area contributed by atoms with Crippen LogP contribution < -0.4 is 4.74 Å². The van der Waals surface area contributed by atoms with Gasteiger partial charge >= 0.3 is 5.97 Å². The Labute approximate surface area is 156 Å². The van der Waals surface area contributed by atoms with Crippen LogP contribution in [0.15, 0.2) is 53.2 Å². The number of benzene rings is 1. The molecule has 26 heavy (non-hydrogen) atoms. The largest absolute Gasteiger partial charge is 0.488 e. The predicted octanol–water partition coefficient (Wildman–Crippen LogP) is 5.60. The van der Waals surface area contributed by atoms with Gasteiger partial charge < -0.3 is 9.84 Å². The van der Waals surface area contributed by atoms with Gasteiger partial charge in [0.05, 0.1) is 0 Å². The molecule has 0 bridgehead atoms. The van der Waals surface area contributed by atoms with Crippen LogP contribution in [-0.2, 0) is 10.2 Å². The Kier molecular flexibility index (Phi) is 5.91. The highest BCUT2D eigenvalue weighted by molar-refractivity contribution is 5.81. The minimum Gasteiger partial charge on any atom is -0.488 e. The second kappa shape index (κ2) is 7.77. The minimum absolute atomic E-state index is 0.0901. The van der Waals surface area contributed by atoms with E-state index >= 15 is 0 Å². The summed E-state index contributed by atoms with van der Waals surface area (Å²) in [7, 11) is 0. The number of aryl methyl sites for hydroxylation is 1. The molecule has 1 heterocycles. The van der Waals surface area contributed by atoms with Gasteiger partial charge in [0, 0.05) is 11.6 Å². The Morgan fingerprint density at radius 1 is 1.23 bits per heavy atom. The van der Waals surface area contributed by atoms with Gasteiger partial charge in [0.25, 0.3) is 0 Å². The molecule has 0 aliphatic carbocycles. The molecular weight excluding hydrogens is 324 g/mol. The van der Waals surface area contributed by atoms with Crippen molar-refractivity contribution in [3.05, 3.63) is 69.8 Å². The SMILES string of the molecule is CC(/C=C/C=C(\C)C1=Cc2cc(C(C)(C)C)cc(C)c2OC1)=C\C(=O)O. The van der Waals surface area contributed by atoms with Crippen molar-refractivity contribution in [3.63, 3.8) is 0 Å². The number of carbonyl (C=O) groups is 1. The first-order chi connectivity index (χ1) is 12.1. The van der Waals surface area contributed by atoms with E-state index in [2.05, 4.69) is 45.9 Å². The predicted molar refractivity (Wildman–Crippen MR) is 108 cm³/mol. The van der Waals surface area contributed by atoms with Crippen molar-refractivity contribution >= 4 is 12.0 Å². The van der Waals surface area contributed by atoms with Crippen LogP contribution in [0.25, 0.3) is 6.08 Å². The molecule has 3 nitrogen and oxygen atoms in total. The van der Waals surface area contributed by atoms with E-state index in [9.17, 15) is 4.79 Å². The molecule has 3 heteroatoms. The fraction of sp³-hybridized carbons (Fsp3) is 0.348. The number of aliphatic carboxylic acids is 1. The summed E-state index contributed by atoms with van der Waals surface area (Å²) in [6.07, 6.45) is 9.03. The molecule has 0 amide bonds. The van der Waals surface area contributed by atoms with Gasteiger partial charge in [-0.2, -0.15) is 0 Å². The van der Waals surface area contributed by atoms with Crippen molar-refractivity contribution in [1.82, 2.24) is 0 Å². The lowest BCUT2D eigenvalue weighted by molar-refractivity contribution is -0.131. The maximum Gasteiger partial charge on any atom is 0.328 e. The quantitative estimate of drug-likeness (QED) is 0.566. The number of carboxylic acids is 1. The van der Waals surface area contributed by atoms with E-state index in [0.717, 1.165) is 22.5 Å². The summed E-state index contributed by atoms with van der Waals surface area (Å²) in [5, 5.41) is 8.74. The molecule has 0 aromatic heterocycles. The number of hydrogen-bond acceptors (Lipinski definition) is 2. The first-order valence-corrected chi connectivity index (χ1v) is 8.83. The second-order valence-corrected chi connectivity index (χ2v) is 7.86. The number of ether oxygens (including phenoxy) is 1. The van der Waals surface area contributed by atoms with Crippen LogP contribution in [0.5, 0.6) is 5.75 Å². The third-order valence-corrected chi connectivity index (χ3v) is 4.43. The lowest BCUT2D eigenvalue weighted by Crippen LogP contribution is -2.14. The molecule has 2 rings (SSSR count). The normalized spacial score (nSPS) is 15.5. The maximum absolute atomic E-state index is 10.6. The van der Waals surface area contributed by atoms with Crippen LogP contribution in [0.3, 0.4) is 0 Å². The van der Waals surface area contributed by atoms with Crippen molar-refractivity contribution < 1.29 is 14.6 Å². The van der Waals surface area contributed by atoms with Gasteiger partial charge in [-0.15, -0.1) is 0 Å². The zero-order valence-electron chi connectivity index (χ0n) is 16.5. The van der Waals surface area contributed by atoms with Crippen molar-refractivity contribution in [1.29, 1.82) is 0 Å². The molecule has 1 aromatic carbocycles. The molecule has 0 radical (unpaired) electrons. The monoisotopic (exact) mass is 352 g/mol. The molecule has 0 saturated carbocycles. The Hall–Kier alpha value is -2.55. The van der Waals surface area contributed by atoms with E-state index < -0.39 is 5.97 Å². The highest BCUT2D eigenvalue weighted by Crippen LogP contribution is 2.36. The third kappa shape index (κ3) is 4.98. The molecule has 0 spiro atoms. The van der Waals surface area contributed by atoms with Crippen LogP contribution in [0.4, 0.5) is 0 Å². The average molecular weight is 352 g/mol. The number of fused-ring (bicyclic) bond motifs is 1. The van der Waals surface area contributed by atoms with Crippen molar-refractivity contribution in [3.8, 4) is 5.75 Å². The van der Waals surface area contributed by atoms with Gasteiger partial charge in [0.2, 0.25) is 0 Å². The number of hydrogen-bond donors (Lipinski definition) is 1. The Morgan fingerprint density at radius 2 is 1.92 bits per heavy atom. The summed E-state index contributed by atoms with van der Waals surface area (Å²) in [4.78, 5) is 10.6. The van der Waals surface area contributed by atoms with Crippen molar-refractivity contribution in [2.75, 3.05) is 6.61 Å². The minimum atomic E-state index is -0.933. The Balaban J connectivity index is 2.31. The summed E-state index contributed by atoms with van der Waals surface area (Å²) in [6.45, 7) is 13.1. The molecule has 138 valence electrons. The molecule has 0 atom stereocenters. The van der Waals surface area contributed by atoms with E-state index in [1.54, 1.807) is 13.0 Å². The average Bonchev–Trinajstić information content (AvgIpc) is 2.52. The van der Waals surface area contributed by atoms with Gasteiger partial charge in [0.15, 0.2) is 0 Å². The van der Waals surface area contributed by atoms with E-state index in [-0.39, 0.29) is 5.41 Å². The molecule has 1 aliphatic heterocycles. The lowest BCUT2D eigenvalue weighted by Gasteiger charge is -2.25. The first kappa shape index (κ1) is 19.8. The fourth-order valence-corrected chi connectivity index (χ4v) is 2.84. The maximum atomic E-state index is 10.6. The third-order valence-electron chi connectivity index (χ3n) is 4.43. The van der Waals surface area contributed by atoms with E-state index in [0.29, 0.717) is 12.2 Å². The smallest absolute Gasteiger partial charge is 0.328 e.